The number of unbranched alkanes of at least 4 members (excludes halogenated alkanes) is 8. The maximum atomic E-state index is 11.8. The van der Waals surface area contributed by atoms with E-state index in [1.807, 2.05) is 0 Å². The predicted octanol–water partition coefficient (Wildman–Crippen LogP) is 0.955. The van der Waals surface area contributed by atoms with Crippen molar-refractivity contribution in [1.82, 2.24) is 4.90 Å². The third-order valence-electron chi connectivity index (χ3n) is 3.83. The number of carbonyl (C=O) groups excluding carboxylic acids is 1. The van der Waals surface area contributed by atoms with Crippen LogP contribution in [0, 0.1) is 0 Å². The van der Waals surface area contributed by atoms with Crippen molar-refractivity contribution in [2.75, 3.05) is 7.05 Å². The molecule has 0 aliphatic heterocycles. The maximum absolute atomic E-state index is 11.8. The smallest absolute Gasteiger partial charge is 1.00 e. The number of hydrogen-bond donors (Lipinski definition) is 1. The molecule has 0 rings (SSSR count). The summed E-state index contributed by atoms with van der Waals surface area (Å²) in [4.78, 5) is 23.9. The summed E-state index contributed by atoms with van der Waals surface area (Å²) in [5.74, 6) is -1.02. The van der Waals surface area contributed by atoms with Gasteiger partial charge in [0.15, 0.2) is 0 Å². The Bertz CT molecular complexity index is 291. The molecule has 0 bridgehead atoms. The fraction of sp³-hybridized carbons (Fsp3) is 0.875. The Kier molecular flexibility index (Phi) is 16.4. The van der Waals surface area contributed by atoms with Gasteiger partial charge in [-0.25, -0.2) is 4.79 Å². The number of carboxylic acids is 1. The molecule has 5 heteroatoms. The number of rotatable bonds is 12. The van der Waals surface area contributed by atoms with Crippen molar-refractivity contribution in [3.8, 4) is 0 Å². The molecule has 0 heterocycles. The minimum absolute atomic E-state index is 0. The van der Waals surface area contributed by atoms with E-state index in [1.165, 1.54) is 56.8 Å². The second-order valence-electron chi connectivity index (χ2n) is 5.60. The van der Waals surface area contributed by atoms with Crippen LogP contribution in [0.5, 0.6) is 0 Å². The molecule has 0 spiro atoms. The molecule has 0 radical (unpaired) electrons. The first-order chi connectivity index (χ1) is 9.50. The minimum Gasteiger partial charge on any atom is -1.00 e. The Morgan fingerprint density at radius 2 is 1.43 bits per heavy atom. The normalized spacial score (nSPS) is 11.6. The molecular weight excluding hydrogens is 277 g/mol. The number of hydrogen-bond acceptors (Lipinski definition) is 2. The largest absolute Gasteiger partial charge is 1.00 e. The zero-order chi connectivity index (χ0) is 15.4. The molecule has 0 saturated heterocycles. The summed E-state index contributed by atoms with van der Waals surface area (Å²) in [6.45, 7) is 3.76. The summed E-state index contributed by atoms with van der Waals surface area (Å²) in [7, 11) is 1.56. The molecule has 0 aliphatic carbocycles. The van der Waals surface area contributed by atoms with Gasteiger partial charge in [-0.3, -0.25) is 4.79 Å². The molecule has 0 aliphatic rings. The zero-order valence-corrected chi connectivity index (χ0v) is 16.4. The maximum Gasteiger partial charge on any atom is 1.00 e. The number of carbonyl (C=O) groups is 2. The van der Waals surface area contributed by atoms with Crippen molar-refractivity contribution in [3.05, 3.63) is 0 Å². The number of carboxylic acid groups (broad SMARTS) is 1. The Morgan fingerprint density at radius 1 is 1.00 bits per heavy atom. The summed E-state index contributed by atoms with van der Waals surface area (Å²) in [6.07, 6.45) is 11.4. The van der Waals surface area contributed by atoms with Gasteiger partial charge in [0.1, 0.15) is 6.04 Å². The molecule has 120 valence electrons. The zero-order valence-electron chi connectivity index (χ0n) is 15.4. The van der Waals surface area contributed by atoms with Crippen molar-refractivity contribution < 1.29 is 45.7 Å². The quantitative estimate of drug-likeness (QED) is 0.431. The van der Waals surface area contributed by atoms with Gasteiger partial charge in [-0.2, -0.15) is 0 Å². The van der Waals surface area contributed by atoms with E-state index in [-0.39, 0.29) is 36.9 Å². The molecule has 1 amide bonds. The van der Waals surface area contributed by atoms with Gasteiger partial charge in [-0.15, -0.1) is 0 Å². The van der Waals surface area contributed by atoms with Crippen LogP contribution >= 0.6 is 0 Å². The summed E-state index contributed by atoms with van der Waals surface area (Å²) in [5.41, 5.74) is 0. The van der Waals surface area contributed by atoms with Crippen LogP contribution in [0.2, 0.25) is 0 Å². The monoisotopic (exact) mass is 309 g/mol. The Morgan fingerprint density at radius 3 is 1.86 bits per heavy atom. The van der Waals surface area contributed by atoms with Gasteiger partial charge in [0.25, 0.3) is 0 Å². The van der Waals surface area contributed by atoms with E-state index in [0.29, 0.717) is 6.42 Å². The third-order valence-corrected chi connectivity index (χ3v) is 3.83. The van der Waals surface area contributed by atoms with Crippen molar-refractivity contribution in [1.29, 1.82) is 0 Å². The van der Waals surface area contributed by atoms with Crippen molar-refractivity contribution >= 4 is 11.9 Å². The SMILES string of the molecule is CCCCCCCCCCCC(=O)N(C)C(C)C(=O)O.[H-].[Na+]. The molecule has 0 aromatic rings. The average Bonchev–Trinajstić information content (AvgIpc) is 2.43. The standard InChI is InChI=1S/C16H31NO3.Na.H/c1-4-5-6-7-8-9-10-11-12-13-15(18)17(3)14(2)16(19)20;;/h14H,4-13H2,1-3H3,(H,19,20);;/q;+1;-1. The molecule has 1 N–H and O–H groups in total. The number of aliphatic carboxylic acids is 1. The van der Waals surface area contributed by atoms with Crippen LogP contribution in [-0.2, 0) is 9.59 Å². The summed E-state index contributed by atoms with van der Waals surface area (Å²) in [5, 5.41) is 8.84. The van der Waals surface area contributed by atoms with Crippen molar-refractivity contribution in [3.63, 3.8) is 0 Å². The van der Waals surface area contributed by atoms with E-state index >= 15 is 0 Å². The van der Waals surface area contributed by atoms with E-state index in [2.05, 4.69) is 6.92 Å². The first-order valence-electron chi connectivity index (χ1n) is 7.99. The van der Waals surface area contributed by atoms with Crippen LogP contribution < -0.4 is 29.6 Å². The third kappa shape index (κ3) is 12.2. The molecule has 0 saturated carbocycles. The van der Waals surface area contributed by atoms with Crippen LogP contribution in [0.3, 0.4) is 0 Å². The van der Waals surface area contributed by atoms with Crippen molar-refractivity contribution in [2.45, 2.75) is 84.1 Å². The molecule has 0 fully saturated rings. The molecule has 21 heavy (non-hydrogen) atoms. The molecule has 1 unspecified atom stereocenters. The van der Waals surface area contributed by atoms with Crippen LogP contribution in [0.4, 0.5) is 0 Å². The van der Waals surface area contributed by atoms with Gasteiger partial charge in [-0.05, 0) is 13.3 Å². The molecule has 0 aromatic carbocycles. The molecule has 1 atom stereocenters. The number of amides is 1. The van der Waals surface area contributed by atoms with Gasteiger partial charge in [0.2, 0.25) is 5.91 Å². The van der Waals surface area contributed by atoms with E-state index in [4.69, 9.17) is 5.11 Å². The van der Waals surface area contributed by atoms with Crippen LogP contribution in [0.15, 0.2) is 0 Å². The molecular formula is C16H32NNaO3. The van der Waals surface area contributed by atoms with Gasteiger partial charge in [0.05, 0.1) is 0 Å². The first kappa shape index (κ1) is 23.2. The van der Waals surface area contributed by atoms with Crippen LogP contribution in [0.1, 0.15) is 79.5 Å². The Labute approximate surface area is 153 Å². The van der Waals surface area contributed by atoms with E-state index in [0.717, 1.165) is 12.8 Å². The van der Waals surface area contributed by atoms with E-state index in [9.17, 15) is 9.59 Å². The average molecular weight is 309 g/mol. The van der Waals surface area contributed by atoms with E-state index in [1.54, 1.807) is 7.05 Å². The van der Waals surface area contributed by atoms with Crippen LogP contribution in [0.25, 0.3) is 0 Å². The summed E-state index contributed by atoms with van der Waals surface area (Å²) < 4.78 is 0. The second kappa shape index (κ2) is 14.9. The fourth-order valence-electron chi connectivity index (χ4n) is 2.14. The first-order valence-corrected chi connectivity index (χ1v) is 7.99. The van der Waals surface area contributed by atoms with Crippen molar-refractivity contribution in [2.24, 2.45) is 0 Å². The van der Waals surface area contributed by atoms with Gasteiger partial charge in [-0.1, -0.05) is 58.3 Å². The topological polar surface area (TPSA) is 57.6 Å². The molecule has 4 nitrogen and oxygen atoms in total. The second-order valence-corrected chi connectivity index (χ2v) is 5.60. The van der Waals surface area contributed by atoms with Gasteiger partial charge in [0, 0.05) is 13.5 Å². The van der Waals surface area contributed by atoms with Gasteiger partial charge < -0.3 is 11.4 Å². The van der Waals surface area contributed by atoms with Gasteiger partial charge >= 0.3 is 35.5 Å². The summed E-state index contributed by atoms with van der Waals surface area (Å²) >= 11 is 0. The van der Waals surface area contributed by atoms with Crippen LogP contribution in [-0.4, -0.2) is 35.0 Å². The molecule has 0 aromatic heterocycles. The fourth-order valence-corrected chi connectivity index (χ4v) is 2.14. The summed E-state index contributed by atoms with van der Waals surface area (Å²) in [6, 6.07) is -0.735. The Balaban J connectivity index is -0.00000180. The minimum atomic E-state index is -0.951. The number of nitrogens with zero attached hydrogens (tertiary/aromatic N) is 1. The predicted molar refractivity (Wildman–Crippen MR) is 82.8 cm³/mol. The number of likely N-dealkylation sites (N-methyl/N-ethyl adjacent to an activating group) is 1. The van der Waals surface area contributed by atoms with E-state index < -0.39 is 12.0 Å². The Hall–Kier alpha value is -0.0600.